The minimum Gasteiger partial charge on any atom is -0.497 e. The van der Waals surface area contributed by atoms with E-state index in [1.54, 1.807) is 7.11 Å². The number of rotatable bonds is 8. The van der Waals surface area contributed by atoms with Crippen molar-refractivity contribution in [2.75, 3.05) is 58.3 Å². The number of hydrogen-bond donors (Lipinski definition) is 1. The van der Waals surface area contributed by atoms with Crippen LogP contribution in [0.3, 0.4) is 0 Å². The lowest BCUT2D eigenvalue weighted by Gasteiger charge is -2.34. The summed E-state index contributed by atoms with van der Waals surface area (Å²) < 4.78 is 11.0. The van der Waals surface area contributed by atoms with E-state index in [2.05, 4.69) is 48.0 Å². The van der Waals surface area contributed by atoms with Gasteiger partial charge in [-0.25, -0.2) is 0 Å². The molecular weight excluding hydrogens is 390 g/mol. The van der Waals surface area contributed by atoms with Gasteiger partial charge in [-0.3, -0.25) is 14.6 Å². The van der Waals surface area contributed by atoms with Crippen LogP contribution in [0.4, 0.5) is 5.69 Å². The molecule has 2 aromatic carbocycles. The Morgan fingerprint density at radius 2 is 1.48 bits per heavy atom. The Hall–Kier alpha value is -2.57. The van der Waals surface area contributed by atoms with Gasteiger partial charge in [0.2, 0.25) is 5.91 Å². The molecule has 0 saturated carbocycles. The van der Waals surface area contributed by atoms with Crippen LogP contribution >= 0.6 is 0 Å². The molecule has 1 saturated heterocycles. The second kappa shape index (κ2) is 10.6. The third kappa shape index (κ3) is 7.26. The van der Waals surface area contributed by atoms with E-state index < -0.39 is 0 Å². The standard InChI is InChI=1S/C25H35N3O3/c1-25(2,3)20-5-7-21(8-6-20)26-24(29)19-28-15-13-27(14-16-28)17-18-31-23-11-9-22(30-4)10-12-23/h5-12H,13-19H2,1-4H3,(H,26,29). The summed E-state index contributed by atoms with van der Waals surface area (Å²) in [6, 6.07) is 15.8. The third-order valence-electron chi connectivity index (χ3n) is 5.60. The van der Waals surface area contributed by atoms with E-state index in [0.717, 1.165) is 49.9 Å². The Kier molecular flexibility index (Phi) is 7.93. The van der Waals surface area contributed by atoms with E-state index in [1.807, 2.05) is 36.4 Å². The van der Waals surface area contributed by atoms with Crippen molar-refractivity contribution in [2.24, 2.45) is 0 Å². The van der Waals surface area contributed by atoms with Gasteiger partial charge in [0.15, 0.2) is 0 Å². The molecule has 6 heteroatoms. The van der Waals surface area contributed by atoms with Crippen LogP contribution in [-0.2, 0) is 10.2 Å². The molecule has 168 valence electrons. The van der Waals surface area contributed by atoms with E-state index in [-0.39, 0.29) is 11.3 Å². The van der Waals surface area contributed by atoms with Crippen molar-refractivity contribution < 1.29 is 14.3 Å². The topological polar surface area (TPSA) is 54.0 Å². The largest absolute Gasteiger partial charge is 0.497 e. The van der Waals surface area contributed by atoms with Crippen molar-refractivity contribution in [3.05, 3.63) is 54.1 Å². The molecular formula is C25H35N3O3. The first-order valence-corrected chi connectivity index (χ1v) is 11.0. The Bertz CT molecular complexity index is 821. The molecule has 2 aromatic rings. The maximum absolute atomic E-state index is 12.4. The van der Waals surface area contributed by atoms with E-state index in [1.165, 1.54) is 5.56 Å². The number of methoxy groups -OCH3 is 1. The Labute approximate surface area is 186 Å². The molecule has 0 aliphatic carbocycles. The lowest BCUT2D eigenvalue weighted by atomic mass is 9.87. The molecule has 1 aliphatic heterocycles. The van der Waals surface area contributed by atoms with Gasteiger partial charge >= 0.3 is 0 Å². The third-order valence-corrected chi connectivity index (χ3v) is 5.60. The highest BCUT2D eigenvalue weighted by Gasteiger charge is 2.19. The van der Waals surface area contributed by atoms with Gasteiger partial charge in [-0.2, -0.15) is 0 Å². The van der Waals surface area contributed by atoms with Crippen LogP contribution in [0.5, 0.6) is 11.5 Å². The SMILES string of the molecule is COc1ccc(OCCN2CCN(CC(=O)Nc3ccc(C(C)(C)C)cc3)CC2)cc1. The molecule has 1 fully saturated rings. The van der Waals surface area contributed by atoms with Gasteiger partial charge in [0.1, 0.15) is 18.1 Å². The molecule has 6 nitrogen and oxygen atoms in total. The summed E-state index contributed by atoms with van der Waals surface area (Å²) in [5, 5.41) is 3.02. The number of anilines is 1. The average molecular weight is 426 g/mol. The Morgan fingerprint density at radius 1 is 0.903 bits per heavy atom. The highest BCUT2D eigenvalue weighted by atomic mass is 16.5. The highest BCUT2D eigenvalue weighted by molar-refractivity contribution is 5.92. The molecule has 0 spiro atoms. The molecule has 0 atom stereocenters. The normalized spacial score (nSPS) is 15.5. The fourth-order valence-electron chi connectivity index (χ4n) is 3.59. The summed E-state index contributed by atoms with van der Waals surface area (Å²) in [6.45, 7) is 12.2. The number of piperazine rings is 1. The molecule has 1 heterocycles. The first-order valence-electron chi connectivity index (χ1n) is 11.0. The lowest BCUT2D eigenvalue weighted by Crippen LogP contribution is -2.49. The van der Waals surface area contributed by atoms with Crippen LogP contribution in [0.2, 0.25) is 0 Å². The first kappa shape index (κ1) is 23.1. The highest BCUT2D eigenvalue weighted by Crippen LogP contribution is 2.23. The molecule has 0 radical (unpaired) electrons. The summed E-state index contributed by atoms with van der Waals surface area (Å²) in [6.07, 6.45) is 0. The van der Waals surface area contributed by atoms with Gasteiger partial charge in [-0.1, -0.05) is 32.9 Å². The number of nitrogens with one attached hydrogen (secondary N) is 1. The molecule has 31 heavy (non-hydrogen) atoms. The van der Waals surface area contributed by atoms with E-state index in [9.17, 15) is 4.79 Å². The molecule has 1 N–H and O–H groups in total. The van der Waals surface area contributed by atoms with Crippen LogP contribution in [0, 0.1) is 0 Å². The number of ether oxygens (including phenoxy) is 2. The molecule has 0 unspecified atom stereocenters. The van der Waals surface area contributed by atoms with Crippen LogP contribution in [0.1, 0.15) is 26.3 Å². The minimum atomic E-state index is 0.0415. The van der Waals surface area contributed by atoms with Crippen molar-refractivity contribution in [1.29, 1.82) is 0 Å². The van der Waals surface area contributed by atoms with Crippen LogP contribution < -0.4 is 14.8 Å². The molecule has 1 aliphatic rings. The predicted molar refractivity (Wildman–Crippen MR) is 125 cm³/mol. The van der Waals surface area contributed by atoms with Crippen molar-refractivity contribution in [1.82, 2.24) is 9.80 Å². The monoisotopic (exact) mass is 425 g/mol. The zero-order valence-corrected chi connectivity index (χ0v) is 19.2. The van der Waals surface area contributed by atoms with Crippen LogP contribution in [0.15, 0.2) is 48.5 Å². The summed E-state index contributed by atoms with van der Waals surface area (Å²) in [5.74, 6) is 1.72. The summed E-state index contributed by atoms with van der Waals surface area (Å²) in [5.41, 5.74) is 2.23. The maximum atomic E-state index is 12.4. The summed E-state index contributed by atoms with van der Waals surface area (Å²) in [4.78, 5) is 17.0. The predicted octanol–water partition coefficient (Wildman–Crippen LogP) is 3.63. The Morgan fingerprint density at radius 3 is 2.06 bits per heavy atom. The van der Waals surface area contributed by atoms with Gasteiger partial charge < -0.3 is 14.8 Å². The van der Waals surface area contributed by atoms with Gasteiger partial charge in [0, 0.05) is 38.4 Å². The molecule has 1 amide bonds. The molecule has 0 bridgehead atoms. The van der Waals surface area contributed by atoms with Crippen molar-refractivity contribution >= 4 is 11.6 Å². The van der Waals surface area contributed by atoms with E-state index in [4.69, 9.17) is 9.47 Å². The van der Waals surface area contributed by atoms with Crippen LogP contribution in [-0.4, -0.2) is 68.7 Å². The number of hydrogen-bond acceptors (Lipinski definition) is 5. The van der Waals surface area contributed by atoms with Crippen molar-refractivity contribution in [3.8, 4) is 11.5 Å². The number of carbonyl (C=O) groups is 1. The Balaban J connectivity index is 1.34. The summed E-state index contributed by atoms with van der Waals surface area (Å²) in [7, 11) is 1.66. The van der Waals surface area contributed by atoms with Gasteiger partial charge in [0.25, 0.3) is 0 Å². The maximum Gasteiger partial charge on any atom is 0.238 e. The molecule has 0 aromatic heterocycles. The lowest BCUT2D eigenvalue weighted by molar-refractivity contribution is -0.117. The zero-order valence-electron chi connectivity index (χ0n) is 19.2. The van der Waals surface area contributed by atoms with Crippen molar-refractivity contribution in [3.63, 3.8) is 0 Å². The van der Waals surface area contributed by atoms with E-state index >= 15 is 0 Å². The fourth-order valence-corrected chi connectivity index (χ4v) is 3.59. The van der Waals surface area contributed by atoms with Gasteiger partial charge in [-0.15, -0.1) is 0 Å². The minimum absolute atomic E-state index is 0.0415. The number of nitrogens with zero attached hydrogens (tertiary/aromatic N) is 2. The molecule has 3 rings (SSSR count). The fraction of sp³-hybridized carbons (Fsp3) is 0.480. The second-order valence-electron chi connectivity index (χ2n) is 9.02. The summed E-state index contributed by atoms with van der Waals surface area (Å²) >= 11 is 0. The second-order valence-corrected chi connectivity index (χ2v) is 9.02. The van der Waals surface area contributed by atoms with E-state index in [0.29, 0.717) is 13.2 Å². The van der Waals surface area contributed by atoms with Gasteiger partial charge in [-0.05, 0) is 47.4 Å². The smallest absolute Gasteiger partial charge is 0.238 e. The average Bonchev–Trinajstić information content (AvgIpc) is 2.75. The zero-order chi connectivity index (χ0) is 22.3. The number of benzene rings is 2. The quantitative estimate of drug-likeness (QED) is 0.700. The number of amides is 1. The van der Waals surface area contributed by atoms with Gasteiger partial charge in [0.05, 0.1) is 13.7 Å². The van der Waals surface area contributed by atoms with Crippen molar-refractivity contribution in [2.45, 2.75) is 26.2 Å². The first-order chi connectivity index (χ1) is 14.8. The van der Waals surface area contributed by atoms with Crippen LogP contribution in [0.25, 0.3) is 0 Å². The number of carbonyl (C=O) groups excluding carboxylic acids is 1.